The molecule has 4 saturated heterocycles. The van der Waals surface area contributed by atoms with Gasteiger partial charge in [-0.2, -0.15) is 0 Å². The van der Waals surface area contributed by atoms with E-state index in [2.05, 4.69) is 52.1 Å². The number of hydrogen-bond acceptors (Lipinski definition) is 15. The third-order valence-corrected chi connectivity index (χ3v) is 15.6. The Hall–Kier alpha value is -3.58. The molecule has 1 aromatic rings. The average Bonchev–Trinajstić information content (AvgIpc) is 3.70. The highest BCUT2D eigenvalue weighted by Crippen LogP contribution is 2.50. The van der Waals surface area contributed by atoms with Gasteiger partial charge in [0.1, 0.15) is 30.3 Å². The summed E-state index contributed by atoms with van der Waals surface area (Å²) >= 11 is 0. The molecule has 0 saturated carbocycles. The molecular formula is C55H77NO14. The van der Waals surface area contributed by atoms with Crippen molar-refractivity contribution < 1.29 is 66.8 Å². The van der Waals surface area contributed by atoms with Gasteiger partial charge in [-0.05, 0) is 76.4 Å². The molecule has 15 heteroatoms. The normalized spacial score (nSPS) is 44.3. The van der Waals surface area contributed by atoms with E-state index < -0.39 is 84.6 Å². The number of methoxy groups -OCH3 is 2. The van der Waals surface area contributed by atoms with Gasteiger partial charge in [0.2, 0.25) is 0 Å². The number of ether oxygens (including phenoxy) is 11. The maximum Gasteiger partial charge on any atom is 0.339 e. The topological polar surface area (TPSA) is 168 Å². The average molecular weight is 976 g/mol. The molecule has 15 nitrogen and oxygen atoms in total. The van der Waals surface area contributed by atoms with Gasteiger partial charge < -0.3 is 62.5 Å². The van der Waals surface area contributed by atoms with Crippen LogP contribution in [0.3, 0.4) is 0 Å². The summed E-state index contributed by atoms with van der Waals surface area (Å²) in [7, 11) is 5.29. The Kier molecular flexibility index (Phi) is 16.8. The standard InChI is InChI=1S/C55H77NO14/c1-30(2)48-33(5)22-23-54(69-48)28-40-25-39(68-54)21-20-32(4)49(66-45-27-43(61-11)50(36(8)64-45)67-44-26-42(60-10)46(56-9)35(7)63-44)31(3)16-15-19-38-29-62-51-47(57)34(6)24-41(53(59)65-40)55(38,51)70-52(58)37-17-13-12-14-18-37/h12-20,22-24,30-31,33,35-36,39-51,56-57H,21,25-29H2,1-11H3/b16-15+,32-20+,38-19+/t31-,33-,35-,36-,39+,40-,41-,42-,43-,44-,45-,46-,47+,48+,49-,50-,51+,54+,55+/m0/s1. The molecule has 7 aliphatic rings. The van der Waals surface area contributed by atoms with Crippen LogP contribution in [0.25, 0.3) is 0 Å². The number of fused-ring (bicyclic) bond motifs is 2. The summed E-state index contributed by atoms with van der Waals surface area (Å²) in [6.07, 6.45) is 9.13. The molecule has 19 atom stereocenters. The van der Waals surface area contributed by atoms with Crippen molar-refractivity contribution in [2.24, 2.45) is 23.7 Å². The number of hydrogen-bond donors (Lipinski definition) is 2. The molecule has 1 spiro atoms. The molecule has 0 unspecified atom stereocenters. The minimum Gasteiger partial charge on any atom is -0.461 e. The molecular weight excluding hydrogens is 899 g/mol. The van der Waals surface area contributed by atoms with Gasteiger partial charge >= 0.3 is 11.9 Å². The first-order valence-corrected chi connectivity index (χ1v) is 25.4. The van der Waals surface area contributed by atoms with Crippen molar-refractivity contribution in [3.63, 3.8) is 0 Å². The number of carbonyl (C=O) groups is 2. The van der Waals surface area contributed by atoms with Gasteiger partial charge in [0.05, 0.1) is 60.9 Å². The molecule has 386 valence electrons. The lowest BCUT2D eigenvalue weighted by Crippen LogP contribution is -2.60. The van der Waals surface area contributed by atoms with Gasteiger partial charge in [-0.15, -0.1) is 0 Å². The van der Waals surface area contributed by atoms with E-state index in [0.717, 1.165) is 5.57 Å². The van der Waals surface area contributed by atoms with Crippen LogP contribution in [0.15, 0.2) is 89.6 Å². The van der Waals surface area contributed by atoms with Crippen LogP contribution in [-0.2, 0) is 56.9 Å². The molecule has 2 N–H and O–H groups in total. The minimum atomic E-state index is -1.75. The van der Waals surface area contributed by atoms with Crippen LogP contribution in [0.2, 0.25) is 0 Å². The van der Waals surface area contributed by atoms with E-state index in [1.54, 1.807) is 51.5 Å². The van der Waals surface area contributed by atoms with E-state index in [1.165, 1.54) is 0 Å². The van der Waals surface area contributed by atoms with Gasteiger partial charge in [-0.1, -0.05) is 82.4 Å². The number of allylic oxidation sites excluding steroid dienone is 2. The summed E-state index contributed by atoms with van der Waals surface area (Å²) in [5.41, 5.74) is 0.516. The highest BCUT2D eigenvalue weighted by molar-refractivity contribution is 5.91. The smallest absolute Gasteiger partial charge is 0.339 e. The van der Waals surface area contributed by atoms with Crippen molar-refractivity contribution in [2.45, 2.75) is 185 Å². The summed E-state index contributed by atoms with van der Waals surface area (Å²) in [6, 6.07) is 8.64. The Morgan fingerprint density at radius 1 is 0.871 bits per heavy atom. The summed E-state index contributed by atoms with van der Waals surface area (Å²) in [5.74, 6) is -3.48. The minimum absolute atomic E-state index is 0.00933. The van der Waals surface area contributed by atoms with E-state index in [4.69, 9.17) is 52.1 Å². The maximum absolute atomic E-state index is 15.0. The second kappa shape index (κ2) is 22.3. The lowest BCUT2D eigenvalue weighted by atomic mass is 9.70. The van der Waals surface area contributed by atoms with Crippen LogP contribution < -0.4 is 5.32 Å². The van der Waals surface area contributed by atoms with E-state index in [-0.39, 0.29) is 61.2 Å². The van der Waals surface area contributed by atoms with E-state index in [9.17, 15) is 9.90 Å². The first-order chi connectivity index (χ1) is 33.5. The Morgan fingerprint density at radius 3 is 2.30 bits per heavy atom. The van der Waals surface area contributed by atoms with Crippen molar-refractivity contribution >= 4 is 11.9 Å². The van der Waals surface area contributed by atoms with Crippen molar-refractivity contribution in [2.75, 3.05) is 27.9 Å². The second-order valence-corrected chi connectivity index (χ2v) is 20.9. The third-order valence-electron chi connectivity index (χ3n) is 15.6. The zero-order chi connectivity index (χ0) is 50.1. The molecule has 2 bridgehead atoms. The van der Waals surface area contributed by atoms with Gasteiger partial charge in [0, 0.05) is 57.3 Å². The predicted molar refractivity (Wildman–Crippen MR) is 259 cm³/mol. The third kappa shape index (κ3) is 10.9. The lowest BCUT2D eigenvalue weighted by Gasteiger charge is -2.48. The number of aliphatic hydroxyl groups excluding tert-OH is 1. The van der Waals surface area contributed by atoms with Gasteiger partial charge in [-0.25, -0.2) is 4.79 Å². The van der Waals surface area contributed by atoms with E-state index >= 15 is 4.79 Å². The fourth-order valence-corrected chi connectivity index (χ4v) is 11.8. The van der Waals surface area contributed by atoms with Gasteiger partial charge in [0.15, 0.2) is 24.0 Å². The van der Waals surface area contributed by atoms with Crippen molar-refractivity contribution in [1.29, 1.82) is 0 Å². The SMILES string of the molecule is CN[C@H]1[C@H](C)O[C@@H](O[C@H]2[C@H](C)O[C@@H](O[C@@H]3/C(C)=C/C[C@@H]4C[C@@H](C[C@]5(C=C[C@H](C)[C@@H](C(C)C)O5)O4)OC(=O)[C@@H]4C=C(C)[C@@H](O)[C@H]5OC/C(=C\C=C\[C@@H]3C)[C@]54OC(=O)c3ccccc3)C[C@@H]2OC)C[C@@H]1OC. The lowest BCUT2D eigenvalue weighted by molar-refractivity contribution is -0.312. The Labute approximate surface area is 414 Å². The largest absolute Gasteiger partial charge is 0.461 e. The monoisotopic (exact) mass is 976 g/mol. The number of aliphatic hydroxyl groups is 1. The van der Waals surface area contributed by atoms with Crippen LogP contribution in [0.5, 0.6) is 0 Å². The number of rotatable bonds is 10. The van der Waals surface area contributed by atoms with E-state index in [0.29, 0.717) is 42.4 Å². The predicted octanol–water partition coefficient (Wildman–Crippen LogP) is 7.08. The van der Waals surface area contributed by atoms with Gasteiger partial charge in [-0.3, -0.25) is 4.79 Å². The van der Waals surface area contributed by atoms with Crippen molar-refractivity contribution in [3.05, 3.63) is 95.1 Å². The fraction of sp³-hybridized carbons (Fsp3) is 0.673. The number of benzene rings is 1. The molecule has 6 heterocycles. The number of nitrogens with one attached hydrogen (secondary N) is 1. The van der Waals surface area contributed by atoms with Crippen LogP contribution in [0, 0.1) is 23.7 Å². The number of likely N-dealkylation sites (N-methyl/N-ethyl adjacent to an activating group) is 1. The van der Waals surface area contributed by atoms with E-state index in [1.807, 2.05) is 51.3 Å². The quantitative estimate of drug-likeness (QED) is 0.180. The maximum atomic E-state index is 15.0. The molecule has 1 aromatic carbocycles. The number of carbonyl (C=O) groups excluding carboxylic acids is 2. The van der Waals surface area contributed by atoms with Crippen molar-refractivity contribution in [1.82, 2.24) is 5.32 Å². The van der Waals surface area contributed by atoms with Crippen LogP contribution in [-0.4, -0.2) is 142 Å². The fourth-order valence-electron chi connectivity index (χ4n) is 11.8. The van der Waals surface area contributed by atoms with Crippen molar-refractivity contribution in [3.8, 4) is 0 Å². The molecule has 0 aromatic heterocycles. The Balaban J connectivity index is 1.14. The highest BCUT2D eigenvalue weighted by atomic mass is 16.7. The molecule has 70 heavy (non-hydrogen) atoms. The molecule has 8 rings (SSSR count). The van der Waals surface area contributed by atoms with Gasteiger partial charge in [0.25, 0.3) is 0 Å². The van der Waals surface area contributed by atoms with Crippen LogP contribution >= 0.6 is 0 Å². The highest BCUT2D eigenvalue weighted by Gasteiger charge is 2.64. The van der Waals surface area contributed by atoms with Crippen LogP contribution in [0.1, 0.15) is 97.9 Å². The first-order valence-electron chi connectivity index (χ1n) is 25.4. The molecule has 1 aliphatic carbocycles. The number of esters is 2. The van der Waals surface area contributed by atoms with Crippen LogP contribution in [0.4, 0.5) is 0 Å². The summed E-state index contributed by atoms with van der Waals surface area (Å²) in [5, 5.41) is 15.1. The Bertz CT molecular complexity index is 2140. The second-order valence-electron chi connectivity index (χ2n) is 20.9. The molecule has 0 radical (unpaired) electrons. The molecule has 4 fully saturated rings. The summed E-state index contributed by atoms with van der Waals surface area (Å²) in [4.78, 5) is 29.2. The summed E-state index contributed by atoms with van der Waals surface area (Å²) < 4.78 is 71.9. The Morgan fingerprint density at radius 2 is 1.59 bits per heavy atom. The molecule has 0 amide bonds. The zero-order valence-electron chi connectivity index (χ0n) is 42.8. The summed E-state index contributed by atoms with van der Waals surface area (Å²) in [6.45, 7) is 16.2. The zero-order valence-corrected chi connectivity index (χ0v) is 42.8. The molecule has 6 aliphatic heterocycles. The first kappa shape index (κ1) is 52.7.